The van der Waals surface area contributed by atoms with Gasteiger partial charge in [0.2, 0.25) is 11.7 Å². The predicted molar refractivity (Wildman–Crippen MR) is 72.4 cm³/mol. The van der Waals surface area contributed by atoms with Gasteiger partial charge in [0.25, 0.3) is 0 Å². The fraction of sp³-hybridized carbons (Fsp3) is 0.385. The van der Waals surface area contributed by atoms with Crippen molar-refractivity contribution in [3.05, 3.63) is 34.1 Å². The molecule has 1 aromatic heterocycles. The van der Waals surface area contributed by atoms with Crippen molar-refractivity contribution in [3.63, 3.8) is 0 Å². The van der Waals surface area contributed by atoms with Gasteiger partial charge in [-0.1, -0.05) is 27.2 Å². The molecular formula is C13H14BrN3O. The summed E-state index contributed by atoms with van der Waals surface area (Å²) in [5.74, 6) is 1.75. The summed E-state index contributed by atoms with van der Waals surface area (Å²) in [6.45, 7) is 4.01. The zero-order valence-corrected chi connectivity index (χ0v) is 11.7. The van der Waals surface area contributed by atoms with Gasteiger partial charge in [-0.25, -0.2) is 0 Å². The van der Waals surface area contributed by atoms with Crippen molar-refractivity contribution in [2.24, 2.45) is 0 Å². The Kier molecular flexibility index (Phi) is 3.18. The normalized spacial score (nSPS) is 19.3. The quantitative estimate of drug-likeness (QED) is 0.927. The smallest absolute Gasteiger partial charge is 0.231 e. The van der Waals surface area contributed by atoms with Crippen LogP contribution in [-0.4, -0.2) is 23.2 Å². The first kappa shape index (κ1) is 11.9. The van der Waals surface area contributed by atoms with Gasteiger partial charge in [-0.3, -0.25) is 0 Å². The van der Waals surface area contributed by atoms with Crippen LogP contribution in [0, 0.1) is 6.92 Å². The van der Waals surface area contributed by atoms with Crippen LogP contribution in [-0.2, 0) is 0 Å². The molecule has 0 radical (unpaired) electrons. The second-order valence-corrected chi connectivity index (χ2v) is 5.48. The molecule has 2 aromatic rings. The minimum atomic E-state index is 0.357. The monoisotopic (exact) mass is 307 g/mol. The Morgan fingerprint density at radius 1 is 1.44 bits per heavy atom. The molecule has 1 aliphatic rings. The molecule has 1 atom stereocenters. The van der Waals surface area contributed by atoms with E-state index >= 15 is 0 Å². The number of halogens is 1. The van der Waals surface area contributed by atoms with Gasteiger partial charge in [-0.05, 0) is 37.6 Å². The van der Waals surface area contributed by atoms with E-state index in [1.165, 1.54) is 5.56 Å². The fourth-order valence-corrected chi connectivity index (χ4v) is 2.85. The summed E-state index contributed by atoms with van der Waals surface area (Å²) < 4.78 is 6.37. The van der Waals surface area contributed by atoms with Gasteiger partial charge in [0.05, 0.1) is 5.92 Å². The molecule has 1 N–H and O–H groups in total. The number of hydrogen-bond donors (Lipinski definition) is 1. The Balaban J connectivity index is 1.92. The van der Waals surface area contributed by atoms with E-state index < -0.39 is 0 Å². The average molecular weight is 308 g/mol. The molecule has 1 fully saturated rings. The molecular weight excluding hydrogens is 294 g/mol. The van der Waals surface area contributed by atoms with Crippen molar-refractivity contribution in [2.45, 2.75) is 19.3 Å². The van der Waals surface area contributed by atoms with Crippen LogP contribution < -0.4 is 5.32 Å². The number of nitrogens with one attached hydrogen (secondary N) is 1. The summed E-state index contributed by atoms with van der Waals surface area (Å²) in [5.41, 5.74) is 2.18. The third-order valence-corrected chi connectivity index (χ3v) is 3.87. The molecule has 2 heterocycles. The Morgan fingerprint density at radius 2 is 2.33 bits per heavy atom. The first-order valence-corrected chi connectivity index (χ1v) is 6.84. The predicted octanol–water partition coefficient (Wildman–Crippen LogP) is 2.88. The fourth-order valence-electron chi connectivity index (χ4n) is 2.18. The van der Waals surface area contributed by atoms with Crippen LogP contribution in [0.3, 0.4) is 0 Å². The zero-order valence-electron chi connectivity index (χ0n) is 10.1. The first-order valence-electron chi connectivity index (χ1n) is 6.05. The highest BCUT2D eigenvalue weighted by Crippen LogP contribution is 2.29. The molecule has 3 rings (SSSR count). The lowest BCUT2D eigenvalue weighted by atomic mass is 10.1. The van der Waals surface area contributed by atoms with Gasteiger partial charge in [0.15, 0.2) is 0 Å². The maximum absolute atomic E-state index is 5.37. The molecule has 0 bridgehead atoms. The summed E-state index contributed by atoms with van der Waals surface area (Å²) in [7, 11) is 0. The van der Waals surface area contributed by atoms with Crippen LogP contribution in [0.15, 0.2) is 27.2 Å². The van der Waals surface area contributed by atoms with Gasteiger partial charge in [-0.15, -0.1) is 0 Å². The summed E-state index contributed by atoms with van der Waals surface area (Å²) in [6, 6.07) is 6.12. The lowest BCUT2D eigenvalue weighted by Gasteiger charge is -2.00. The molecule has 18 heavy (non-hydrogen) atoms. The van der Waals surface area contributed by atoms with E-state index in [-0.39, 0.29) is 0 Å². The van der Waals surface area contributed by atoms with Gasteiger partial charge in [0, 0.05) is 16.6 Å². The second-order valence-electron chi connectivity index (χ2n) is 4.63. The highest BCUT2D eigenvalue weighted by Gasteiger charge is 2.23. The molecule has 1 saturated heterocycles. The zero-order chi connectivity index (χ0) is 12.5. The van der Waals surface area contributed by atoms with Crippen molar-refractivity contribution in [1.82, 2.24) is 15.5 Å². The summed E-state index contributed by atoms with van der Waals surface area (Å²) in [4.78, 5) is 4.51. The van der Waals surface area contributed by atoms with Crippen LogP contribution in [0.1, 0.15) is 23.8 Å². The van der Waals surface area contributed by atoms with E-state index in [0.29, 0.717) is 11.7 Å². The van der Waals surface area contributed by atoms with E-state index in [2.05, 4.69) is 44.4 Å². The van der Waals surface area contributed by atoms with E-state index in [1.54, 1.807) is 0 Å². The molecule has 1 aromatic carbocycles. The molecule has 0 aliphatic carbocycles. The maximum atomic E-state index is 5.37. The Bertz CT molecular complexity index is 561. The van der Waals surface area contributed by atoms with Crippen molar-refractivity contribution >= 4 is 15.9 Å². The first-order chi connectivity index (χ1) is 8.74. The van der Waals surface area contributed by atoms with E-state index in [9.17, 15) is 0 Å². The minimum absolute atomic E-state index is 0.357. The SMILES string of the molecule is Cc1ccc(-c2noc(C3CCNC3)n2)c(Br)c1. The Morgan fingerprint density at radius 3 is 3.06 bits per heavy atom. The van der Waals surface area contributed by atoms with E-state index in [4.69, 9.17) is 4.52 Å². The van der Waals surface area contributed by atoms with Crippen molar-refractivity contribution in [3.8, 4) is 11.4 Å². The maximum Gasteiger partial charge on any atom is 0.231 e. The Labute approximate surface area is 114 Å². The van der Waals surface area contributed by atoms with Crippen molar-refractivity contribution < 1.29 is 4.52 Å². The van der Waals surface area contributed by atoms with Crippen LogP contribution >= 0.6 is 15.9 Å². The lowest BCUT2D eigenvalue weighted by Crippen LogP contribution is -2.08. The summed E-state index contributed by atoms with van der Waals surface area (Å²) >= 11 is 3.54. The summed E-state index contributed by atoms with van der Waals surface area (Å²) in [6.07, 6.45) is 1.07. The highest BCUT2D eigenvalue weighted by molar-refractivity contribution is 9.10. The number of benzene rings is 1. The third-order valence-electron chi connectivity index (χ3n) is 3.22. The highest BCUT2D eigenvalue weighted by atomic mass is 79.9. The van der Waals surface area contributed by atoms with Crippen LogP contribution in [0.5, 0.6) is 0 Å². The molecule has 94 valence electrons. The molecule has 0 amide bonds. The summed E-state index contributed by atoms with van der Waals surface area (Å²) in [5, 5.41) is 7.38. The Hall–Kier alpha value is -1.20. The molecule has 1 unspecified atom stereocenters. The number of nitrogens with zero attached hydrogens (tertiary/aromatic N) is 2. The van der Waals surface area contributed by atoms with Gasteiger partial charge < -0.3 is 9.84 Å². The largest absolute Gasteiger partial charge is 0.339 e. The number of hydrogen-bond acceptors (Lipinski definition) is 4. The standard InChI is InChI=1S/C13H14BrN3O/c1-8-2-3-10(11(14)6-8)12-16-13(18-17-12)9-4-5-15-7-9/h2-3,6,9,15H,4-5,7H2,1H3. The van der Waals surface area contributed by atoms with E-state index in [1.807, 2.05) is 12.1 Å². The molecule has 4 nitrogen and oxygen atoms in total. The molecule has 1 aliphatic heterocycles. The van der Waals surface area contributed by atoms with Crippen LogP contribution in [0.2, 0.25) is 0 Å². The molecule has 0 saturated carbocycles. The molecule has 0 spiro atoms. The van der Waals surface area contributed by atoms with Gasteiger partial charge >= 0.3 is 0 Å². The van der Waals surface area contributed by atoms with Gasteiger partial charge in [0.1, 0.15) is 0 Å². The van der Waals surface area contributed by atoms with Crippen LogP contribution in [0.25, 0.3) is 11.4 Å². The second kappa shape index (κ2) is 4.82. The number of rotatable bonds is 2. The average Bonchev–Trinajstić information content (AvgIpc) is 2.99. The number of aromatic nitrogens is 2. The third kappa shape index (κ3) is 2.20. The molecule has 5 heteroatoms. The van der Waals surface area contributed by atoms with Crippen molar-refractivity contribution in [1.29, 1.82) is 0 Å². The van der Waals surface area contributed by atoms with Gasteiger partial charge in [-0.2, -0.15) is 4.98 Å². The van der Waals surface area contributed by atoms with E-state index in [0.717, 1.165) is 35.4 Å². The van der Waals surface area contributed by atoms with Crippen LogP contribution in [0.4, 0.5) is 0 Å². The van der Waals surface area contributed by atoms with Crippen molar-refractivity contribution in [2.75, 3.05) is 13.1 Å². The number of aryl methyl sites for hydroxylation is 1. The topological polar surface area (TPSA) is 51.0 Å². The lowest BCUT2D eigenvalue weighted by molar-refractivity contribution is 0.359. The minimum Gasteiger partial charge on any atom is -0.339 e.